The molecule has 0 spiro atoms. The van der Waals surface area contributed by atoms with Crippen LogP contribution in [0.5, 0.6) is 5.88 Å². The first-order valence-electron chi connectivity index (χ1n) is 8.06. The Morgan fingerprint density at radius 2 is 2.04 bits per heavy atom. The molecular weight excluding hydrogens is 324 g/mol. The third kappa shape index (κ3) is 2.54. The molecule has 1 aliphatic heterocycles. The van der Waals surface area contributed by atoms with Gasteiger partial charge in [-0.05, 0) is 44.5 Å². The lowest BCUT2D eigenvalue weighted by Crippen LogP contribution is -2.50. The molecule has 1 aromatic carbocycles. The minimum Gasteiger partial charge on any atom is -0.481 e. The number of pyridine rings is 1. The molecule has 0 bridgehead atoms. The van der Waals surface area contributed by atoms with Gasteiger partial charge in [0.2, 0.25) is 5.88 Å². The minimum atomic E-state index is -0.534. The summed E-state index contributed by atoms with van der Waals surface area (Å²) in [6, 6.07) is 5.86. The molecule has 1 aliphatic rings. The quantitative estimate of drug-likeness (QED) is 0.846. The number of ether oxygens (including phenoxy) is 1. The maximum Gasteiger partial charge on any atom is 0.221 e. The molecule has 4 nitrogen and oxygen atoms in total. The first kappa shape index (κ1) is 17.1. The van der Waals surface area contributed by atoms with Crippen LogP contribution >= 0.6 is 11.6 Å². The van der Waals surface area contributed by atoms with Crippen LogP contribution in [0.2, 0.25) is 5.02 Å². The van der Waals surface area contributed by atoms with E-state index < -0.39 is 11.6 Å². The molecule has 128 valence electrons. The molecule has 2 atom stereocenters. The van der Waals surface area contributed by atoms with E-state index >= 15 is 0 Å². The van der Waals surface area contributed by atoms with E-state index in [1.54, 1.807) is 13.3 Å². The van der Waals surface area contributed by atoms with Gasteiger partial charge in [-0.3, -0.25) is 0 Å². The lowest BCUT2D eigenvalue weighted by atomic mass is 9.77. The third-order valence-electron chi connectivity index (χ3n) is 4.87. The van der Waals surface area contributed by atoms with Crippen molar-refractivity contribution in [1.82, 2.24) is 4.98 Å². The average Bonchev–Trinajstić information content (AvgIpc) is 2.55. The topological polar surface area (TPSA) is 54.4 Å². The molecule has 0 fully saturated rings. The van der Waals surface area contributed by atoms with Gasteiger partial charge in [0.1, 0.15) is 0 Å². The van der Waals surface area contributed by atoms with Crippen molar-refractivity contribution in [2.45, 2.75) is 45.3 Å². The summed E-state index contributed by atoms with van der Waals surface area (Å²) >= 11 is 6.78. The number of fused-ring (bicyclic) bond motifs is 1. The Balaban J connectivity index is 2.26. The van der Waals surface area contributed by atoms with Crippen molar-refractivity contribution in [1.29, 1.82) is 0 Å². The van der Waals surface area contributed by atoms with Crippen LogP contribution in [0.25, 0.3) is 11.1 Å². The summed E-state index contributed by atoms with van der Waals surface area (Å²) in [7, 11) is 1.60. The minimum absolute atomic E-state index is 0.0786. The Morgan fingerprint density at radius 3 is 2.71 bits per heavy atom. The lowest BCUT2D eigenvalue weighted by molar-refractivity contribution is 0.0869. The summed E-state index contributed by atoms with van der Waals surface area (Å²) in [6.45, 7) is 8.07. The molecule has 1 aromatic heterocycles. The molecule has 0 aliphatic carbocycles. The van der Waals surface area contributed by atoms with E-state index in [-0.39, 0.29) is 5.92 Å². The molecule has 3 rings (SSSR count). The molecule has 2 aromatic rings. The van der Waals surface area contributed by atoms with Crippen LogP contribution in [0.15, 0.2) is 24.4 Å². The lowest BCUT2D eigenvalue weighted by Gasteiger charge is -2.43. The Bertz CT molecular complexity index is 789. The van der Waals surface area contributed by atoms with E-state index in [2.05, 4.69) is 17.2 Å². The van der Waals surface area contributed by atoms with Gasteiger partial charge in [0, 0.05) is 34.5 Å². The number of aryl methyl sites for hydroxylation is 1. The van der Waals surface area contributed by atoms with Gasteiger partial charge < -0.3 is 15.2 Å². The van der Waals surface area contributed by atoms with Crippen LogP contribution in [0.1, 0.15) is 37.8 Å². The van der Waals surface area contributed by atoms with Gasteiger partial charge in [-0.25, -0.2) is 4.98 Å². The van der Waals surface area contributed by atoms with Crippen LogP contribution < -0.4 is 10.1 Å². The summed E-state index contributed by atoms with van der Waals surface area (Å²) in [5.41, 5.74) is 4.36. The zero-order chi connectivity index (χ0) is 17.6. The molecule has 2 unspecified atom stereocenters. The average molecular weight is 347 g/mol. The van der Waals surface area contributed by atoms with Crippen LogP contribution in [-0.2, 0) is 0 Å². The highest BCUT2D eigenvalue weighted by Gasteiger charge is 2.40. The Kier molecular flexibility index (Phi) is 4.22. The number of methoxy groups -OCH3 is 1. The molecule has 2 heterocycles. The van der Waals surface area contributed by atoms with Gasteiger partial charge in [0.15, 0.2) is 0 Å². The Hall–Kier alpha value is -1.78. The van der Waals surface area contributed by atoms with Gasteiger partial charge in [-0.1, -0.05) is 18.5 Å². The second-order valence-corrected chi connectivity index (χ2v) is 7.36. The Labute approximate surface area is 147 Å². The number of aliphatic hydroxyl groups excluding tert-OH is 1. The zero-order valence-corrected chi connectivity index (χ0v) is 15.4. The van der Waals surface area contributed by atoms with Crippen molar-refractivity contribution in [2.75, 3.05) is 12.4 Å². The van der Waals surface area contributed by atoms with Crippen molar-refractivity contribution < 1.29 is 9.84 Å². The van der Waals surface area contributed by atoms with Gasteiger partial charge in [-0.15, -0.1) is 0 Å². The van der Waals surface area contributed by atoms with Gasteiger partial charge in [-0.2, -0.15) is 0 Å². The number of nitrogens with one attached hydrogen (secondary N) is 1. The molecular formula is C19H23ClN2O2. The first-order valence-corrected chi connectivity index (χ1v) is 8.44. The number of rotatable bonds is 2. The van der Waals surface area contributed by atoms with Gasteiger partial charge in [0.05, 0.1) is 23.8 Å². The van der Waals surface area contributed by atoms with E-state index in [4.69, 9.17) is 16.3 Å². The van der Waals surface area contributed by atoms with Crippen LogP contribution in [0, 0.1) is 6.92 Å². The highest BCUT2D eigenvalue weighted by molar-refractivity contribution is 6.35. The number of halogens is 1. The number of hydrogen-bond donors (Lipinski definition) is 2. The number of anilines is 1. The summed E-state index contributed by atoms with van der Waals surface area (Å²) in [5, 5.41) is 14.8. The van der Waals surface area contributed by atoms with Crippen molar-refractivity contribution in [3.8, 4) is 17.0 Å². The second-order valence-electron chi connectivity index (χ2n) is 6.98. The molecule has 2 N–H and O–H groups in total. The second kappa shape index (κ2) is 5.94. The zero-order valence-electron chi connectivity index (χ0n) is 14.6. The van der Waals surface area contributed by atoms with E-state index in [1.165, 1.54) is 0 Å². The summed E-state index contributed by atoms with van der Waals surface area (Å²) in [5.74, 6) is 0.459. The van der Waals surface area contributed by atoms with Crippen molar-refractivity contribution in [2.24, 2.45) is 0 Å². The number of nitrogens with zero attached hydrogens (tertiary/aromatic N) is 1. The molecule has 5 heteroatoms. The molecule has 24 heavy (non-hydrogen) atoms. The van der Waals surface area contributed by atoms with E-state index in [1.807, 2.05) is 39.0 Å². The smallest absolute Gasteiger partial charge is 0.221 e. The summed E-state index contributed by atoms with van der Waals surface area (Å²) in [6.07, 6.45) is 1.16. The van der Waals surface area contributed by atoms with Crippen molar-refractivity contribution in [3.05, 3.63) is 40.5 Å². The fraction of sp³-hybridized carbons (Fsp3) is 0.421. The maximum absolute atomic E-state index is 10.7. The SMILES string of the molecule is COc1ncccc1-c1cc(C)c2c(c1Cl)C(C)C(O)C(C)(C)N2. The fourth-order valence-corrected chi connectivity index (χ4v) is 3.97. The number of benzene rings is 1. The van der Waals surface area contributed by atoms with Crippen LogP contribution in [-0.4, -0.2) is 28.8 Å². The van der Waals surface area contributed by atoms with Crippen molar-refractivity contribution in [3.63, 3.8) is 0 Å². The normalized spacial score (nSPS) is 21.8. The molecule has 0 amide bonds. The van der Waals surface area contributed by atoms with E-state index in [0.717, 1.165) is 27.9 Å². The largest absolute Gasteiger partial charge is 0.481 e. The maximum atomic E-state index is 10.7. The van der Waals surface area contributed by atoms with Crippen LogP contribution in [0.3, 0.4) is 0 Å². The van der Waals surface area contributed by atoms with E-state index in [0.29, 0.717) is 10.9 Å². The fourth-order valence-electron chi connectivity index (χ4n) is 3.55. The molecule has 0 saturated carbocycles. The van der Waals surface area contributed by atoms with Gasteiger partial charge >= 0.3 is 0 Å². The number of aliphatic hydroxyl groups is 1. The molecule has 0 saturated heterocycles. The van der Waals surface area contributed by atoms with Gasteiger partial charge in [0.25, 0.3) is 0 Å². The third-order valence-corrected chi connectivity index (χ3v) is 5.27. The number of hydrogen-bond acceptors (Lipinski definition) is 4. The highest BCUT2D eigenvalue weighted by atomic mass is 35.5. The highest BCUT2D eigenvalue weighted by Crippen LogP contribution is 2.48. The van der Waals surface area contributed by atoms with E-state index in [9.17, 15) is 5.11 Å². The number of aromatic nitrogens is 1. The first-order chi connectivity index (χ1) is 11.3. The monoisotopic (exact) mass is 346 g/mol. The molecule has 0 radical (unpaired) electrons. The summed E-state index contributed by atoms with van der Waals surface area (Å²) in [4.78, 5) is 4.27. The predicted molar refractivity (Wildman–Crippen MR) is 98.1 cm³/mol. The van der Waals surface area contributed by atoms with Crippen LogP contribution in [0.4, 0.5) is 5.69 Å². The standard InChI is InChI=1S/C19H23ClN2O2/c1-10-9-13(12-7-6-8-21-18(12)24-5)15(20)14-11(2)17(23)19(3,4)22-16(10)14/h6-9,11,17,22-23H,1-5H3. The van der Waals surface area contributed by atoms with Crippen molar-refractivity contribution >= 4 is 17.3 Å². The predicted octanol–water partition coefficient (Wildman–Crippen LogP) is 4.39. The summed E-state index contributed by atoms with van der Waals surface area (Å²) < 4.78 is 5.38. The Morgan fingerprint density at radius 1 is 1.33 bits per heavy atom.